The van der Waals surface area contributed by atoms with Crippen LogP contribution in [0.2, 0.25) is 0 Å². The molecule has 5 rings (SSSR count). The van der Waals surface area contributed by atoms with Crippen molar-refractivity contribution >= 4 is 22.9 Å². The van der Waals surface area contributed by atoms with E-state index in [0.29, 0.717) is 28.6 Å². The summed E-state index contributed by atoms with van der Waals surface area (Å²) in [4.78, 5) is 23.9. The Morgan fingerprint density at radius 3 is 2.34 bits per heavy atom. The number of anilines is 1. The lowest BCUT2D eigenvalue weighted by Gasteiger charge is -2.33. The van der Waals surface area contributed by atoms with Crippen LogP contribution >= 0.6 is 0 Å². The molecule has 0 aliphatic carbocycles. The van der Waals surface area contributed by atoms with Gasteiger partial charge in [-0.25, -0.2) is 4.79 Å². The number of ether oxygens (including phenoxy) is 4. The van der Waals surface area contributed by atoms with Crippen LogP contribution in [-0.4, -0.2) is 30.7 Å². The Bertz CT molecular complexity index is 1790. The maximum Gasteiger partial charge on any atom is 0.347 e. The maximum atomic E-state index is 13.0. The van der Waals surface area contributed by atoms with Gasteiger partial charge in [0.15, 0.2) is 0 Å². The molecule has 0 fully saturated rings. The smallest absolute Gasteiger partial charge is 0.347 e. The van der Waals surface area contributed by atoms with E-state index >= 15 is 0 Å². The van der Waals surface area contributed by atoms with E-state index in [-0.39, 0.29) is 17.8 Å². The molecule has 0 saturated carbocycles. The summed E-state index contributed by atoms with van der Waals surface area (Å²) in [5.74, 6) is 1.10. The molecular formula is C35H34N2O7. The van der Waals surface area contributed by atoms with E-state index in [2.05, 4.69) is 32.2 Å². The largest absolute Gasteiger partial charge is 0.496 e. The van der Waals surface area contributed by atoms with Crippen LogP contribution in [-0.2, 0) is 6.61 Å². The third kappa shape index (κ3) is 6.08. The number of benzene rings is 4. The van der Waals surface area contributed by atoms with E-state index in [0.717, 1.165) is 39.1 Å². The fraction of sp³-hybridized carbons (Fsp3) is 0.229. The Kier molecular flexibility index (Phi) is 8.31. The highest BCUT2D eigenvalue weighted by Gasteiger charge is 2.27. The molecule has 0 unspecified atom stereocenters. The van der Waals surface area contributed by atoms with Gasteiger partial charge >= 0.3 is 5.97 Å². The van der Waals surface area contributed by atoms with E-state index in [1.54, 1.807) is 49.6 Å². The van der Waals surface area contributed by atoms with Crippen molar-refractivity contribution in [3.05, 3.63) is 111 Å². The van der Waals surface area contributed by atoms with Crippen molar-refractivity contribution in [2.24, 2.45) is 0 Å². The number of nitrogens with one attached hydrogen (secondary N) is 1. The molecule has 226 valence electrons. The normalized spacial score (nSPS) is 13.2. The zero-order chi connectivity index (χ0) is 31.6. The average molecular weight is 595 g/mol. The molecule has 44 heavy (non-hydrogen) atoms. The first-order chi connectivity index (χ1) is 21.0. The second-order valence-corrected chi connectivity index (χ2v) is 11.1. The van der Waals surface area contributed by atoms with Crippen LogP contribution in [0.3, 0.4) is 0 Å². The van der Waals surface area contributed by atoms with Crippen LogP contribution in [0, 0.1) is 17.0 Å². The highest BCUT2D eigenvalue weighted by molar-refractivity contribution is 5.94. The minimum atomic E-state index is -0.554. The molecule has 0 atom stereocenters. The van der Waals surface area contributed by atoms with Crippen molar-refractivity contribution in [2.45, 2.75) is 39.8 Å². The fourth-order valence-electron chi connectivity index (χ4n) is 5.54. The summed E-state index contributed by atoms with van der Waals surface area (Å²) in [6.45, 7) is 8.25. The lowest BCUT2D eigenvalue weighted by atomic mass is 9.85. The zero-order valence-electron chi connectivity index (χ0n) is 25.5. The number of carbonyl (C=O) groups is 1. The number of nitro benzene ring substituents is 1. The Balaban J connectivity index is 1.56. The Morgan fingerprint density at radius 1 is 0.886 bits per heavy atom. The molecule has 0 saturated heterocycles. The van der Waals surface area contributed by atoms with Gasteiger partial charge in [0.2, 0.25) is 0 Å². The van der Waals surface area contributed by atoms with Gasteiger partial charge in [0.05, 0.1) is 30.7 Å². The minimum absolute atomic E-state index is 0.0414. The molecule has 0 spiro atoms. The zero-order valence-corrected chi connectivity index (χ0v) is 25.5. The lowest BCUT2D eigenvalue weighted by molar-refractivity contribution is -0.385. The van der Waals surface area contributed by atoms with Crippen LogP contribution < -0.4 is 24.3 Å². The number of nitro groups is 1. The molecule has 9 nitrogen and oxygen atoms in total. The summed E-state index contributed by atoms with van der Waals surface area (Å²) in [7, 11) is 3.05. The van der Waals surface area contributed by atoms with Gasteiger partial charge in [-0.1, -0.05) is 24.3 Å². The molecule has 0 radical (unpaired) electrons. The summed E-state index contributed by atoms with van der Waals surface area (Å²) >= 11 is 0. The van der Waals surface area contributed by atoms with Gasteiger partial charge in [-0.3, -0.25) is 10.1 Å². The standard InChI is InChI=1S/C35H34N2O7/c1-21-11-12-23(37(39)40)17-31(21)43-20-28-25(15-16-29-33(28)22(2)19-35(3,4)36-29)26-14-13-24(18-32(26)42-6)44-34(38)27-9-7-8-10-30(27)41-5/h7-19,36H,20H2,1-6H3. The summed E-state index contributed by atoms with van der Waals surface area (Å²) in [5, 5.41) is 15.0. The highest BCUT2D eigenvalue weighted by Crippen LogP contribution is 2.44. The van der Waals surface area contributed by atoms with Gasteiger partial charge in [-0.15, -0.1) is 0 Å². The van der Waals surface area contributed by atoms with Crippen molar-refractivity contribution in [1.82, 2.24) is 0 Å². The number of hydrogen-bond donors (Lipinski definition) is 1. The number of para-hydroxylation sites is 1. The highest BCUT2D eigenvalue weighted by atomic mass is 16.6. The predicted octanol–water partition coefficient (Wildman–Crippen LogP) is 7.99. The summed E-state index contributed by atoms with van der Waals surface area (Å²) in [5.41, 5.74) is 6.29. The van der Waals surface area contributed by atoms with Crippen LogP contribution in [0.25, 0.3) is 16.7 Å². The first kappa shape index (κ1) is 30.2. The number of aryl methyl sites for hydroxylation is 1. The van der Waals surface area contributed by atoms with E-state index < -0.39 is 10.9 Å². The van der Waals surface area contributed by atoms with Crippen molar-refractivity contribution in [1.29, 1.82) is 0 Å². The Morgan fingerprint density at radius 2 is 1.61 bits per heavy atom. The van der Waals surface area contributed by atoms with Crippen LogP contribution in [0.5, 0.6) is 23.0 Å². The summed E-state index contributed by atoms with van der Waals surface area (Å²) in [6, 6.07) is 20.7. The minimum Gasteiger partial charge on any atom is -0.496 e. The quantitative estimate of drug-likeness (QED) is 0.0899. The molecule has 1 heterocycles. The first-order valence-corrected chi connectivity index (χ1v) is 14.1. The number of nitrogens with zero attached hydrogens (tertiary/aromatic N) is 1. The van der Waals surface area contributed by atoms with E-state index in [1.165, 1.54) is 19.2 Å². The van der Waals surface area contributed by atoms with Crippen LogP contribution in [0.15, 0.2) is 78.9 Å². The van der Waals surface area contributed by atoms with Gasteiger partial charge in [-0.2, -0.15) is 0 Å². The number of carbonyl (C=O) groups excluding carboxylic acids is 1. The van der Waals surface area contributed by atoms with Gasteiger partial charge in [0.25, 0.3) is 5.69 Å². The molecule has 1 aliphatic heterocycles. The lowest BCUT2D eigenvalue weighted by Crippen LogP contribution is -2.32. The number of rotatable bonds is 9. The monoisotopic (exact) mass is 594 g/mol. The second-order valence-electron chi connectivity index (χ2n) is 11.1. The van der Waals surface area contributed by atoms with Crippen molar-refractivity contribution in [2.75, 3.05) is 19.5 Å². The molecule has 0 bridgehead atoms. The molecule has 4 aromatic rings. The fourth-order valence-corrected chi connectivity index (χ4v) is 5.54. The Labute approximate surface area is 256 Å². The van der Waals surface area contributed by atoms with Gasteiger partial charge in [-0.05, 0) is 80.8 Å². The topological polar surface area (TPSA) is 109 Å². The van der Waals surface area contributed by atoms with E-state index in [4.69, 9.17) is 18.9 Å². The third-order valence-corrected chi connectivity index (χ3v) is 7.50. The predicted molar refractivity (Wildman–Crippen MR) is 170 cm³/mol. The number of hydrogen-bond acceptors (Lipinski definition) is 8. The summed E-state index contributed by atoms with van der Waals surface area (Å²) in [6.07, 6.45) is 2.17. The number of methoxy groups -OCH3 is 2. The number of allylic oxidation sites excluding steroid dienone is 1. The van der Waals surface area contributed by atoms with Crippen molar-refractivity contribution < 1.29 is 28.7 Å². The number of esters is 1. The second kappa shape index (κ2) is 12.1. The summed E-state index contributed by atoms with van der Waals surface area (Å²) < 4.78 is 23.1. The molecule has 0 aromatic heterocycles. The van der Waals surface area contributed by atoms with Crippen molar-refractivity contribution in [3.63, 3.8) is 0 Å². The van der Waals surface area contributed by atoms with Gasteiger partial charge < -0.3 is 24.3 Å². The SMILES string of the molecule is COc1ccccc1C(=O)Oc1ccc(-c2ccc3c(c2COc2cc([N+](=O)[O-])ccc2C)C(C)=CC(C)(C)N3)c(OC)c1. The Hall–Kier alpha value is -5.31. The molecule has 1 N–H and O–H groups in total. The molecule has 9 heteroatoms. The average Bonchev–Trinajstić information content (AvgIpc) is 2.99. The first-order valence-electron chi connectivity index (χ1n) is 14.1. The van der Waals surface area contributed by atoms with Crippen molar-refractivity contribution in [3.8, 4) is 34.1 Å². The third-order valence-electron chi connectivity index (χ3n) is 7.50. The molecule has 0 amide bonds. The van der Waals surface area contributed by atoms with Gasteiger partial charge in [0, 0.05) is 34.5 Å². The number of non-ortho nitro benzene ring substituents is 1. The number of fused-ring (bicyclic) bond motifs is 1. The molecule has 4 aromatic carbocycles. The van der Waals surface area contributed by atoms with E-state index in [1.807, 2.05) is 25.1 Å². The van der Waals surface area contributed by atoms with E-state index in [9.17, 15) is 14.9 Å². The maximum absolute atomic E-state index is 13.0. The van der Waals surface area contributed by atoms with Gasteiger partial charge in [0.1, 0.15) is 35.2 Å². The van der Waals surface area contributed by atoms with Crippen LogP contribution in [0.4, 0.5) is 11.4 Å². The van der Waals surface area contributed by atoms with Crippen LogP contribution in [0.1, 0.15) is 47.8 Å². The molecule has 1 aliphatic rings. The molecular weight excluding hydrogens is 560 g/mol.